The van der Waals surface area contributed by atoms with E-state index in [1.807, 2.05) is 45.0 Å². The molecule has 2 rings (SSSR count). The molecule has 1 unspecified atom stereocenters. The molecule has 0 saturated carbocycles. The Kier molecular flexibility index (Phi) is 6.14. The van der Waals surface area contributed by atoms with Gasteiger partial charge in [0.25, 0.3) is 0 Å². The summed E-state index contributed by atoms with van der Waals surface area (Å²) in [4.78, 5) is 16.5. The second-order valence-corrected chi connectivity index (χ2v) is 7.17. The van der Waals surface area contributed by atoms with Crippen LogP contribution in [0.3, 0.4) is 0 Å². The van der Waals surface area contributed by atoms with Gasteiger partial charge < -0.3 is 10.4 Å². The van der Waals surface area contributed by atoms with Crippen LogP contribution in [-0.4, -0.2) is 38.6 Å². The van der Waals surface area contributed by atoms with Crippen molar-refractivity contribution < 1.29 is 9.90 Å². The summed E-state index contributed by atoms with van der Waals surface area (Å²) >= 11 is 0. The summed E-state index contributed by atoms with van der Waals surface area (Å²) in [5.41, 5.74) is 1.50. The number of nitrogens with one attached hydrogen (secondary N) is 2. The van der Waals surface area contributed by atoms with E-state index in [0.29, 0.717) is 25.3 Å². The van der Waals surface area contributed by atoms with Crippen LogP contribution >= 0.6 is 0 Å². The third-order valence-electron chi connectivity index (χ3n) is 3.76. The molecule has 0 aliphatic heterocycles. The Morgan fingerprint density at radius 2 is 2.16 bits per heavy atom. The number of aromatic nitrogens is 3. The first-order valence-electron chi connectivity index (χ1n) is 8.42. The fourth-order valence-corrected chi connectivity index (χ4v) is 2.76. The number of aliphatic hydroxyl groups is 1. The molecule has 7 heteroatoms. The van der Waals surface area contributed by atoms with Gasteiger partial charge in [-0.2, -0.15) is 5.10 Å². The molecule has 0 aliphatic carbocycles. The summed E-state index contributed by atoms with van der Waals surface area (Å²) in [7, 11) is 0. The van der Waals surface area contributed by atoms with Crippen molar-refractivity contribution in [2.24, 2.45) is 5.41 Å². The molecule has 0 radical (unpaired) electrons. The average molecular weight is 345 g/mol. The van der Waals surface area contributed by atoms with Gasteiger partial charge in [0.1, 0.15) is 5.82 Å². The molecule has 0 aromatic carbocycles. The summed E-state index contributed by atoms with van der Waals surface area (Å²) in [6.07, 6.45) is 1.95. The van der Waals surface area contributed by atoms with Crippen LogP contribution in [0.25, 0.3) is 0 Å². The molecule has 2 amide bonds. The Morgan fingerprint density at radius 3 is 2.80 bits per heavy atom. The van der Waals surface area contributed by atoms with E-state index >= 15 is 0 Å². The predicted octanol–water partition coefficient (Wildman–Crippen LogP) is 2.55. The molecule has 3 N–H and O–H groups in total. The van der Waals surface area contributed by atoms with Crippen LogP contribution in [-0.2, 0) is 6.54 Å². The molecule has 1 atom stereocenters. The fraction of sp³-hybridized carbons (Fsp3) is 0.500. The molecule has 0 saturated heterocycles. The zero-order valence-electron chi connectivity index (χ0n) is 15.3. The van der Waals surface area contributed by atoms with E-state index in [2.05, 4.69) is 20.7 Å². The van der Waals surface area contributed by atoms with E-state index in [0.717, 1.165) is 11.4 Å². The molecule has 2 aromatic rings. The van der Waals surface area contributed by atoms with Crippen molar-refractivity contribution in [1.82, 2.24) is 20.1 Å². The summed E-state index contributed by atoms with van der Waals surface area (Å²) in [5, 5.41) is 19.6. The molecule has 2 heterocycles. The topological polar surface area (TPSA) is 92.1 Å². The Balaban J connectivity index is 1.97. The minimum Gasteiger partial charge on any atom is -0.393 e. The van der Waals surface area contributed by atoms with Crippen LogP contribution in [0.1, 0.15) is 38.6 Å². The maximum absolute atomic E-state index is 12.2. The van der Waals surface area contributed by atoms with Gasteiger partial charge in [-0.05, 0) is 37.8 Å². The van der Waals surface area contributed by atoms with Crippen LogP contribution in [0.2, 0.25) is 0 Å². The number of nitrogens with zero attached hydrogens (tertiary/aromatic N) is 3. The number of hydrogen-bond donors (Lipinski definition) is 3. The smallest absolute Gasteiger partial charge is 0.320 e. The fourth-order valence-electron chi connectivity index (χ4n) is 2.76. The first kappa shape index (κ1) is 18.9. The van der Waals surface area contributed by atoms with E-state index in [9.17, 15) is 9.90 Å². The maximum atomic E-state index is 12.2. The monoisotopic (exact) mass is 345 g/mol. The third-order valence-corrected chi connectivity index (χ3v) is 3.76. The second kappa shape index (κ2) is 8.11. The molecule has 25 heavy (non-hydrogen) atoms. The molecule has 0 aliphatic rings. The first-order chi connectivity index (χ1) is 11.7. The Bertz CT molecular complexity index is 695. The van der Waals surface area contributed by atoms with Crippen LogP contribution in [0.4, 0.5) is 10.6 Å². The van der Waals surface area contributed by atoms with Gasteiger partial charge in [-0.3, -0.25) is 10.3 Å². The average Bonchev–Trinajstić information content (AvgIpc) is 2.84. The molecule has 2 aromatic heterocycles. The molecule has 136 valence electrons. The van der Waals surface area contributed by atoms with Crippen molar-refractivity contribution in [2.75, 3.05) is 11.9 Å². The SMILES string of the molecule is Cc1cc(NC(=O)NCC(C)(C)CC(C)O)n(Cc2ccccn2)n1. The number of aryl methyl sites for hydroxylation is 1. The van der Waals surface area contributed by atoms with Gasteiger partial charge in [0.05, 0.1) is 24.0 Å². The van der Waals surface area contributed by atoms with Crippen LogP contribution < -0.4 is 10.6 Å². The van der Waals surface area contributed by atoms with Gasteiger partial charge >= 0.3 is 6.03 Å². The highest BCUT2D eigenvalue weighted by Crippen LogP contribution is 2.21. The summed E-state index contributed by atoms with van der Waals surface area (Å²) in [6, 6.07) is 7.23. The summed E-state index contributed by atoms with van der Waals surface area (Å²) < 4.78 is 1.72. The summed E-state index contributed by atoms with van der Waals surface area (Å²) in [5.74, 6) is 0.619. The number of carbonyl (C=O) groups is 1. The van der Waals surface area contributed by atoms with Crippen molar-refractivity contribution in [2.45, 2.75) is 46.8 Å². The Hall–Kier alpha value is -2.41. The van der Waals surface area contributed by atoms with Crippen molar-refractivity contribution >= 4 is 11.8 Å². The molecule has 0 bridgehead atoms. The third kappa shape index (κ3) is 6.19. The molecular formula is C18H27N5O2. The Labute approximate surface area is 148 Å². The lowest BCUT2D eigenvalue weighted by Gasteiger charge is -2.26. The number of amides is 2. The van der Waals surface area contributed by atoms with E-state index in [1.54, 1.807) is 17.8 Å². The lowest BCUT2D eigenvalue weighted by atomic mass is 9.87. The van der Waals surface area contributed by atoms with Crippen molar-refractivity contribution in [3.63, 3.8) is 0 Å². The first-order valence-corrected chi connectivity index (χ1v) is 8.42. The van der Waals surface area contributed by atoms with E-state index in [1.165, 1.54) is 0 Å². The predicted molar refractivity (Wildman–Crippen MR) is 97.4 cm³/mol. The van der Waals surface area contributed by atoms with Crippen molar-refractivity contribution in [1.29, 1.82) is 0 Å². The van der Waals surface area contributed by atoms with Crippen LogP contribution in [0.15, 0.2) is 30.5 Å². The van der Waals surface area contributed by atoms with Gasteiger partial charge in [0.2, 0.25) is 0 Å². The lowest BCUT2D eigenvalue weighted by Crippen LogP contribution is -2.38. The molecule has 0 spiro atoms. The standard InChI is InChI=1S/C18H27N5O2/c1-13-9-16(23(22-13)11-15-7-5-6-8-19-15)21-17(25)20-12-18(3,4)10-14(2)24/h5-9,14,24H,10-12H2,1-4H3,(H2,20,21,25). The number of hydrogen-bond acceptors (Lipinski definition) is 4. The van der Waals surface area contributed by atoms with Gasteiger partial charge in [0.15, 0.2) is 0 Å². The number of rotatable bonds is 7. The maximum Gasteiger partial charge on any atom is 0.320 e. The Morgan fingerprint density at radius 1 is 1.40 bits per heavy atom. The molecule has 0 fully saturated rings. The van der Waals surface area contributed by atoms with Gasteiger partial charge in [-0.15, -0.1) is 0 Å². The molecule has 7 nitrogen and oxygen atoms in total. The zero-order valence-corrected chi connectivity index (χ0v) is 15.3. The van der Waals surface area contributed by atoms with Gasteiger partial charge in [0, 0.05) is 18.8 Å². The van der Waals surface area contributed by atoms with Crippen LogP contribution in [0, 0.1) is 12.3 Å². The highest BCUT2D eigenvalue weighted by atomic mass is 16.3. The van der Waals surface area contributed by atoms with E-state index < -0.39 is 6.10 Å². The number of urea groups is 1. The zero-order chi connectivity index (χ0) is 18.4. The minimum atomic E-state index is -0.401. The minimum absolute atomic E-state index is 0.185. The van der Waals surface area contributed by atoms with Gasteiger partial charge in [-0.25, -0.2) is 9.48 Å². The largest absolute Gasteiger partial charge is 0.393 e. The number of pyridine rings is 1. The second-order valence-electron chi connectivity index (χ2n) is 7.17. The highest BCUT2D eigenvalue weighted by molar-refractivity contribution is 5.88. The van der Waals surface area contributed by atoms with E-state index in [4.69, 9.17) is 0 Å². The van der Waals surface area contributed by atoms with Crippen molar-refractivity contribution in [3.05, 3.63) is 41.9 Å². The quantitative estimate of drug-likeness (QED) is 0.719. The number of aliphatic hydroxyl groups excluding tert-OH is 1. The normalized spacial score (nSPS) is 12.7. The van der Waals surface area contributed by atoms with E-state index in [-0.39, 0.29) is 11.4 Å². The lowest BCUT2D eigenvalue weighted by molar-refractivity contribution is 0.129. The van der Waals surface area contributed by atoms with Gasteiger partial charge in [-0.1, -0.05) is 19.9 Å². The number of carbonyl (C=O) groups excluding carboxylic acids is 1. The molecular weight excluding hydrogens is 318 g/mol. The van der Waals surface area contributed by atoms with Crippen molar-refractivity contribution in [3.8, 4) is 0 Å². The number of anilines is 1. The van der Waals surface area contributed by atoms with Crippen LogP contribution in [0.5, 0.6) is 0 Å². The highest BCUT2D eigenvalue weighted by Gasteiger charge is 2.21. The summed E-state index contributed by atoms with van der Waals surface area (Å²) in [6.45, 7) is 8.60.